The van der Waals surface area contributed by atoms with Gasteiger partial charge in [-0.2, -0.15) is 0 Å². The molecule has 0 aliphatic carbocycles. The van der Waals surface area contributed by atoms with Gasteiger partial charge in [0.05, 0.1) is 5.69 Å². The molecule has 0 bridgehead atoms. The molecule has 0 saturated carbocycles. The van der Waals surface area contributed by atoms with E-state index in [4.69, 9.17) is 0 Å². The highest BCUT2D eigenvalue weighted by Gasteiger charge is 2.41. The lowest BCUT2D eigenvalue weighted by Gasteiger charge is -2.38. The summed E-state index contributed by atoms with van der Waals surface area (Å²) in [5, 5.41) is 10.4. The molecule has 6 aromatic rings. The van der Waals surface area contributed by atoms with Crippen LogP contribution in [0.2, 0.25) is 16.6 Å². The monoisotopic (exact) mass is 514 g/mol. The summed E-state index contributed by atoms with van der Waals surface area (Å²) in [6.07, 6.45) is 2.14. The van der Waals surface area contributed by atoms with Crippen LogP contribution in [0.1, 0.15) is 47.2 Å². The molecule has 4 aromatic carbocycles. The predicted octanol–water partition coefficient (Wildman–Crippen LogP) is 9.70. The van der Waals surface area contributed by atoms with Crippen LogP contribution in [-0.2, 0) is 14.1 Å². The normalized spacial score (nSPS) is 12.7. The van der Waals surface area contributed by atoms with Gasteiger partial charge in [0.1, 0.15) is 8.07 Å². The molecule has 0 aliphatic heterocycles. The number of nitrogens with zero attached hydrogens (tertiary/aromatic N) is 2. The zero-order chi connectivity index (χ0) is 26.9. The number of aromatic nitrogens is 2. The standard InChI is InChI=1S/C35H38N2Si/c1-22(2)38(23(3)4,24(5)6)16-14-29-19-28-18-26-10-12-30-31(33(26)21-35(28)37(29)8)11-9-25-17-27-13-15-36(7)34(27)20-32(25)30/h9-13,15,17-24H,1-8H3. The summed E-state index contributed by atoms with van der Waals surface area (Å²) in [6.45, 7) is 14.3. The van der Waals surface area contributed by atoms with Crippen molar-refractivity contribution < 1.29 is 0 Å². The molecule has 0 saturated heterocycles. The molecular formula is C35H38N2Si. The largest absolute Gasteiger partial charge is 0.351 e. The number of hydrogen-bond donors (Lipinski definition) is 0. The van der Waals surface area contributed by atoms with Crippen LogP contribution in [0.3, 0.4) is 0 Å². The fraction of sp³-hybridized carbons (Fsp3) is 0.314. The van der Waals surface area contributed by atoms with E-state index in [1.165, 1.54) is 54.1 Å². The Morgan fingerprint density at radius 1 is 0.579 bits per heavy atom. The van der Waals surface area contributed by atoms with E-state index < -0.39 is 8.07 Å². The molecule has 0 fully saturated rings. The van der Waals surface area contributed by atoms with Crippen LogP contribution in [0, 0.1) is 11.5 Å². The highest BCUT2D eigenvalue weighted by atomic mass is 28.3. The Balaban J connectivity index is 1.56. The van der Waals surface area contributed by atoms with Crippen LogP contribution in [-0.4, -0.2) is 17.2 Å². The maximum absolute atomic E-state index is 3.92. The van der Waals surface area contributed by atoms with Gasteiger partial charge in [0.15, 0.2) is 0 Å². The van der Waals surface area contributed by atoms with Crippen molar-refractivity contribution >= 4 is 62.2 Å². The lowest BCUT2D eigenvalue weighted by Crippen LogP contribution is -2.43. The van der Waals surface area contributed by atoms with Crippen LogP contribution >= 0.6 is 0 Å². The molecule has 0 atom stereocenters. The quantitative estimate of drug-likeness (QED) is 0.126. The molecule has 0 aliphatic rings. The fourth-order valence-electron chi connectivity index (χ4n) is 7.20. The second kappa shape index (κ2) is 8.78. The van der Waals surface area contributed by atoms with E-state index in [0.717, 1.165) is 5.69 Å². The molecule has 0 amide bonds. The Hall–Kier alpha value is -3.48. The molecule has 0 radical (unpaired) electrons. The highest BCUT2D eigenvalue weighted by molar-refractivity contribution is 6.90. The van der Waals surface area contributed by atoms with Crippen molar-refractivity contribution in [3.63, 3.8) is 0 Å². The summed E-state index contributed by atoms with van der Waals surface area (Å²) in [5.74, 6) is 3.70. The van der Waals surface area contributed by atoms with Gasteiger partial charge in [-0.3, -0.25) is 0 Å². The van der Waals surface area contributed by atoms with Gasteiger partial charge >= 0.3 is 0 Å². The molecule has 38 heavy (non-hydrogen) atoms. The first-order valence-corrected chi connectivity index (χ1v) is 16.2. The SMILES string of the molecule is CC(C)[Si](C#Cc1cc2cc3ccc4c5cc6c(ccn6C)cc5ccc4c3cc2n1C)(C(C)C)C(C)C. The average Bonchev–Trinajstić information content (AvgIpc) is 3.39. The van der Waals surface area contributed by atoms with Crippen LogP contribution < -0.4 is 0 Å². The third kappa shape index (κ3) is 3.54. The second-order valence-electron chi connectivity index (χ2n) is 12.2. The van der Waals surface area contributed by atoms with Crippen LogP contribution in [0.15, 0.2) is 66.9 Å². The summed E-state index contributed by atoms with van der Waals surface area (Å²) in [7, 11) is 2.51. The number of benzene rings is 4. The summed E-state index contributed by atoms with van der Waals surface area (Å²) in [5.41, 5.74) is 9.46. The van der Waals surface area contributed by atoms with Crippen molar-refractivity contribution in [2.75, 3.05) is 0 Å². The zero-order valence-electron chi connectivity index (χ0n) is 24.0. The van der Waals surface area contributed by atoms with Crippen molar-refractivity contribution in [2.24, 2.45) is 14.1 Å². The zero-order valence-corrected chi connectivity index (χ0v) is 25.0. The molecule has 192 valence electrons. The Kier molecular flexibility index (Phi) is 5.74. The van der Waals surface area contributed by atoms with Gasteiger partial charge in [0.2, 0.25) is 0 Å². The first-order valence-electron chi connectivity index (χ1n) is 14.0. The van der Waals surface area contributed by atoms with Crippen molar-refractivity contribution in [3.05, 3.63) is 72.6 Å². The van der Waals surface area contributed by atoms with Gasteiger partial charge in [-0.05, 0) is 85.3 Å². The van der Waals surface area contributed by atoms with Gasteiger partial charge < -0.3 is 9.13 Å². The van der Waals surface area contributed by atoms with E-state index in [1.54, 1.807) is 0 Å². The number of aryl methyl sites for hydroxylation is 2. The molecule has 2 nitrogen and oxygen atoms in total. The summed E-state index contributed by atoms with van der Waals surface area (Å²) < 4.78 is 4.51. The smallest absolute Gasteiger partial charge is 0.146 e. The molecule has 0 spiro atoms. The van der Waals surface area contributed by atoms with Crippen molar-refractivity contribution in [2.45, 2.75) is 58.2 Å². The first-order chi connectivity index (χ1) is 18.1. The van der Waals surface area contributed by atoms with Gasteiger partial charge in [-0.1, -0.05) is 71.7 Å². The van der Waals surface area contributed by atoms with E-state index in [-0.39, 0.29) is 0 Å². The van der Waals surface area contributed by atoms with E-state index in [0.29, 0.717) is 16.6 Å². The van der Waals surface area contributed by atoms with Crippen LogP contribution in [0.25, 0.3) is 54.1 Å². The Morgan fingerprint density at radius 3 is 1.71 bits per heavy atom. The molecule has 3 heteroatoms. The summed E-state index contributed by atoms with van der Waals surface area (Å²) in [4.78, 5) is 0. The van der Waals surface area contributed by atoms with E-state index >= 15 is 0 Å². The van der Waals surface area contributed by atoms with Gasteiger partial charge in [-0.25, -0.2) is 0 Å². The summed E-state index contributed by atoms with van der Waals surface area (Å²) >= 11 is 0. The van der Waals surface area contributed by atoms with Crippen LogP contribution in [0.4, 0.5) is 0 Å². The molecule has 2 aromatic heterocycles. The Morgan fingerprint density at radius 2 is 1.13 bits per heavy atom. The first kappa shape index (κ1) is 24.8. The minimum absolute atomic E-state index is 0.630. The third-order valence-corrected chi connectivity index (χ3v) is 15.6. The topological polar surface area (TPSA) is 9.86 Å². The van der Waals surface area contributed by atoms with Crippen molar-refractivity contribution in [1.82, 2.24) is 9.13 Å². The number of hydrogen-bond acceptors (Lipinski definition) is 0. The van der Waals surface area contributed by atoms with Crippen molar-refractivity contribution in [1.29, 1.82) is 0 Å². The number of rotatable bonds is 3. The maximum atomic E-state index is 3.92. The average molecular weight is 515 g/mol. The number of fused-ring (bicyclic) bond motifs is 7. The van der Waals surface area contributed by atoms with Gasteiger partial charge in [-0.15, -0.1) is 5.54 Å². The lowest BCUT2D eigenvalue weighted by atomic mass is 9.95. The second-order valence-corrected chi connectivity index (χ2v) is 17.7. The molecule has 2 heterocycles. The van der Waals surface area contributed by atoms with Gasteiger partial charge in [0.25, 0.3) is 0 Å². The lowest BCUT2D eigenvalue weighted by molar-refractivity contribution is 0.838. The molecule has 0 N–H and O–H groups in total. The van der Waals surface area contributed by atoms with Crippen molar-refractivity contribution in [3.8, 4) is 11.5 Å². The fourth-order valence-corrected chi connectivity index (χ4v) is 12.4. The van der Waals surface area contributed by atoms with E-state index in [2.05, 4.69) is 143 Å². The van der Waals surface area contributed by atoms with E-state index in [1.807, 2.05) is 0 Å². The minimum atomic E-state index is -1.79. The molecule has 0 unspecified atom stereocenters. The minimum Gasteiger partial charge on any atom is -0.351 e. The summed E-state index contributed by atoms with van der Waals surface area (Å²) in [6, 6.07) is 23.1. The van der Waals surface area contributed by atoms with Gasteiger partial charge in [0, 0.05) is 42.1 Å². The van der Waals surface area contributed by atoms with Crippen LogP contribution in [0.5, 0.6) is 0 Å². The third-order valence-electron chi connectivity index (χ3n) is 9.27. The molecule has 6 rings (SSSR count). The predicted molar refractivity (Wildman–Crippen MR) is 170 cm³/mol. The Labute approximate surface area is 227 Å². The van der Waals surface area contributed by atoms with E-state index in [9.17, 15) is 0 Å². The molecular weight excluding hydrogens is 476 g/mol. The Bertz CT molecular complexity index is 1910. The maximum Gasteiger partial charge on any atom is 0.146 e. The highest BCUT2D eigenvalue weighted by Crippen LogP contribution is 2.41.